The van der Waals surface area contributed by atoms with E-state index < -0.39 is 9.84 Å². The summed E-state index contributed by atoms with van der Waals surface area (Å²) < 4.78 is 25.5. The van der Waals surface area contributed by atoms with Crippen molar-refractivity contribution >= 4 is 21.4 Å². The second-order valence-electron chi connectivity index (χ2n) is 7.43. The van der Waals surface area contributed by atoms with Crippen molar-refractivity contribution in [1.29, 1.82) is 0 Å². The van der Waals surface area contributed by atoms with Crippen LogP contribution in [0, 0.1) is 13.8 Å². The molecule has 0 bridgehead atoms. The van der Waals surface area contributed by atoms with Gasteiger partial charge in [0.1, 0.15) is 0 Å². The Kier molecular flexibility index (Phi) is 4.14. The molecule has 2 fully saturated rings. The maximum Gasteiger partial charge on any atom is 0.276 e. The molecule has 2 aliphatic rings. The summed E-state index contributed by atoms with van der Waals surface area (Å²) >= 11 is 0. The molecule has 0 radical (unpaired) electrons. The summed E-state index contributed by atoms with van der Waals surface area (Å²) in [5, 5.41) is 7.45. The highest BCUT2D eigenvalue weighted by Crippen LogP contribution is 2.42. The Morgan fingerprint density at radius 2 is 2.00 bits per heavy atom. The molecule has 6 nitrogen and oxygen atoms in total. The fourth-order valence-corrected chi connectivity index (χ4v) is 5.23. The number of carbonyl (C=O) groups is 1. The van der Waals surface area contributed by atoms with Crippen LogP contribution in [0.3, 0.4) is 0 Å². The minimum atomic E-state index is -3.00. The molecule has 26 heavy (non-hydrogen) atoms. The Morgan fingerprint density at radius 3 is 2.65 bits per heavy atom. The number of carbonyl (C=O) groups excluding carboxylic acids is 1. The molecule has 1 aromatic carbocycles. The molecule has 4 rings (SSSR count). The highest BCUT2D eigenvalue weighted by Gasteiger charge is 2.36. The van der Waals surface area contributed by atoms with Gasteiger partial charge in [-0.3, -0.25) is 9.48 Å². The number of rotatable bonds is 4. The van der Waals surface area contributed by atoms with Gasteiger partial charge in [-0.15, -0.1) is 0 Å². The molecule has 0 spiro atoms. The standard InChI is InChI=1S/C19H23N3O3S/c1-12-4-3-5-16(13(12)2)20-19(23)17-10-18(14-6-7-14)22(21-17)15-8-9-26(24,25)11-15/h3-5,10,14-15H,6-9,11H2,1-2H3,(H,20,23). The van der Waals surface area contributed by atoms with Crippen molar-refractivity contribution in [3.8, 4) is 0 Å². The smallest absolute Gasteiger partial charge is 0.276 e. The minimum Gasteiger partial charge on any atom is -0.320 e. The van der Waals surface area contributed by atoms with Gasteiger partial charge in [-0.2, -0.15) is 5.10 Å². The average Bonchev–Trinajstić information content (AvgIpc) is 3.23. The van der Waals surface area contributed by atoms with Crippen molar-refractivity contribution < 1.29 is 13.2 Å². The molecule has 2 heterocycles. The van der Waals surface area contributed by atoms with Gasteiger partial charge in [0, 0.05) is 17.3 Å². The van der Waals surface area contributed by atoms with Crippen molar-refractivity contribution in [2.75, 3.05) is 16.8 Å². The molecule has 138 valence electrons. The maximum atomic E-state index is 12.7. The largest absolute Gasteiger partial charge is 0.320 e. The van der Waals surface area contributed by atoms with Crippen molar-refractivity contribution in [3.63, 3.8) is 0 Å². The highest BCUT2D eigenvalue weighted by molar-refractivity contribution is 7.91. The number of benzene rings is 1. The first-order chi connectivity index (χ1) is 12.3. The van der Waals surface area contributed by atoms with Gasteiger partial charge in [0.15, 0.2) is 15.5 Å². The molecule has 1 aromatic heterocycles. The molecule has 1 saturated heterocycles. The summed E-state index contributed by atoms with van der Waals surface area (Å²) in [6.07, 6.45) is 2.72. The van der Waals surface area contributed by atoms with Crippen LogP contribution in [0.2, 0.25) is 0 Å². The lowest BCUT2D eigenvalue weighted by Gasteiger charge is -2.12. The number of anilines is 1. The summed E-state index contributed by atoms with van der Waals surface area (Å²) in [5.74, 6) is 0.464. The molecule has 1 saturated carbocycles. The zero-order valence-electron chi connectivity index (χ0n) is 15.0. The maximum absolute atomic E-state index is 12.7. The van der Waals surface area contributed by atoms with Gasteiger partial charge >= 0.3 is 0 Å². The Hall–Kier alpha value is -2.15. The van der Waals surface area contributed by atoms with E-state index in [2.05, 4.69) is 10.4 Å². The van der Waals surface area contributed by atoms with E-state index in [-0.39, 0.29) is 23.5 Å². The predicted molar refractivity (Wildman–Crippen MR) is 100 cm³/mol. The topological polar surface area (TPSA) is 81.1 Å². The fraction of sp³-hybridized carbons (Fsp3) is 0.474. The van der Waals surface area contributed by atoms with Crippen LogP contribution in [0.4, 0.5) is 5.69 Å². The van der Waals surface area contributed by atoms with Crippen molar-refractivity contribution in [1.82, 2.24) is 9.78 Å². The highest BCUT2D eigenvalue weighted by atomic mass is 32.2. The van der Waals surface area contributed by atoms with Crippen LogP contribution >= 0.6 is 0 Å². The van der Waals surface area contributed by atoms with E-state index in [0.717, 1.165) is 35.3 Å². The molecule has 1 aliphatic heterocycles. The van der Waals surface area contributed by atoms with E-state index in [1.165, 1.54) is 0 Å². The third-order valence-corrected chi connectivity index (χ3v) is 7.15. The first-order valence-corrected chi connectivity index (χ1v) is 10.8. The van der Waals surface area contributed by atoms with Crippen molar-refractivity contribution in [2.45, 2.75) is 45.1 Å². The van der Waals surface area contributed by atoms with E-state index in [0.29, 0.717) is 18.0 Å². The zero-order valence-corrected chi connectivity index (χ0v) is 15.8. The first-order valence-electron chi connectivity index (χ1n) is 9.01. The van der Waals surface area contributed by atoms with Gasteiger partial charge < -0.3 is 5.32 Å². The van der Waals surface area contributed by atoms with Gasteiger partial charge in [-0.25, -0.2) is 8.42 Å². The molecular weight excluding hydrogens is 350 g/mol. The third kappa shape index (κ3) is 3.28. The number of nitrogens with one attached hydrogen (secondary N) is 1. The molecule has 1 atom stereocenters. The van der Waals surface area contributed by atoms with E-state index in [1.807, 2.05) is 38.1 Å². The van der Waals surface area contributed by atoms with Crippen LogP contribution in [0.15, 0.2) is 24.3 Å². The van der Waals surface area contributed by atoms with Crippen LogP contribution in [0.25, 0.3) is 0 Å². The Labute approximate surface area is 153 Å². The van der Waals surface area contributed by atoms with E-state index >= 15 is 0 Å². The lowest BCUT2D eigenvalue weighted by atomic mass is 10.1. The predicted octanol–water partition coefficient (Wildman–Crippen LogP) is 2.99. The number of amides is 1. The van der Waals surface area contributed by atoms with Gasteiger partial charge in [0.25, 0.3) is 5.91 Å². The molecule has 1 unspecified atom stereocenters. The summed E-state index contributed by atoms with van der Waals surface area (Å²) in [6, 6.07) is 7.48. The second kappa shape index (κ2) is 6.23. The Morgan fingerprint density at radius 1 is 1.23 bits per heavy atom. The van der Waals surface area contributed by atoms with Crippen LogP contribution in [-0.4, -0.2) is 35.6 Å². The lowest BCUT2D eigenvalue weighted by Crippen LogP contribution is -2.17. The number of sulfone groups is 1. The average molecular weight is 373 g/mol. The number of aromatic nitrogens is 2. The van der Waals surface area contributed by atoms with Crippen molar-refractivity contribution in [3.05, 3.63) is 46.8 Å². The molecule has 1 N–H and O–H groups in total. The summed E-state index contributed by atoms with van der Waals surface area (Å²) in [4.78, 5) is 12.7. The number of nitrogens with zero attached hydrogens (tertiary/aromatic N) is 2. The summed E-state index contributed by atoms with van der Waals surface area (Å²) in [5.41, 5.74) is 4.28. The quantitative estimate of drug-likeness (QED) is 0.893. The lowest BCUT2D eigenvalue weighted by molar-refractivity contribution is 0.102. The monoisotopic (exact) mass is 373 g/mol. The van der Waals surface area contributed by atoms with Crippen LogP contribution in [-0.2, 0) is 9.84 Å². The first kappa shape index (κ1) is 17.3. The van der Waals surface area contributed by atoms with E-state index in [9.17, 15) is 13.2 Å². The molecule has 1 aliphatic carbocycles. The van der Waals surface area contributed by atoms with E-state index in [4.69, 9.17) is 0 Å². The molecule has 2 aromatic rings. The zero-order chi connectivity index (χ0) is 18.5. The molecular formula is C19H23N3O3S. The van der Waals surface area contributed by atoms with Gasteiger partial charge in [0.05, 0.1) is 17.5 Å². The number of hydrogen-bond acceptors (Lipinski definition) is 4. The third-order valence-electron chi connectivity index (χ3n) is 5.40. The Balaban J connectivity index is 1.62. The van der Waals surface area contributed by atoms with Crippen LogP contribution in [0.1, 0.15) is 58.5 Å². The van der Waals surface area contributed by atoms with Gasteiger partial charge in [0.2, 0.25) is 0 Å². The summed E-state index contributed by atoms with van der Waals surface area (Å²) in [6.45, 7) is 3.98. The summed E-state index contributed by atoms with van der Waals surface area (Å²) in [7, 11) is -3.00. The normalized spacial score (nSPS) is 21.7. The fourth-order valence-electron chi connectivity index (χ4n) is 3.54. The Bertz CT molecular complexity index is 974. The minimum absolute atomic E-state index is 0.118. The van der Waals surface area contributed by atoms with Gasteiger partial charge in [-0.05, 0) is 56.4 Å². The molecule has 1 amide bonds. The van der Waals surface area contributed by atoms with Crippen LogP contribution in [0.5, 0.6) is 0 Å². The second-order valence-corrected chi connectivity index (χ2v) is 9.66. The van der Waals surface area contributed by atoms with Crippen LogP contribution < -0.4 is 5.32 Å². The SMILES string of the molecule is Cc1cccc(NC(=O)c2cc(C3CC3)n(C3CCS(=O)(=O)C3)n2)c1C. The number of aryl methyl sites for hydroxylation is 1. The number of hydrogen-bond donors (Lipinski definition) is 1. The molecule has 7 heteroatoms. The van der Waals surface area contributed by atoms with Gasteiger partial charge in [-0.1, -0.05) is 12.1 Å². The van der Waals surface area contributed by atoms with E-state index in [1.54, 1.807) is 4.68 Å². The van der Waals surface area contributed by atoms with Crippen molar-refractivity contribution in [2.24, 2.45) is 0 Å².